The van der Waals surface area contributed by atoms with Gasteiger partial charge in [-0.3, -0.25) is 52.7 Å². The summed E-state index contributed by atoms with van der Waals surface area (Å²) in [5.41, 5.74) is -2.00. The number of hydrogen-bond donors (Lipinski definition) is 3. The van der Waals surface area contributed by atoms with Crippen molar-refractivity contribution in [3.8, 4) is 0 Å². The van der Waals surface area contributed by atoms with Gasteiger partial charge in [0.15, 0.2) is 0 Å². The number of carbonyl (C=O) groups is 11. The Bertz CT molecular complexity index is 2920. The van der Waals surface area contributed by atoms with Gasteiger partial charge in [0.1, 0.15) is 41.8 Å². The maximum Gasteiger partial charge on any atom is 0.391 e. The van der Waals surface area contributed by atoms with Crippen LogP contribution in [0.4, 0.5) is 13.2 Å². The molecule has 3 unspecified atom stereocenters. The smallest absolute Gasteiger partial charge is 0.347 e. The Morgan fingerprint density at radius 1 is 0.670 bits per heavy atom. The molecule has 3 N–H and O–H groups in total. The van der Waals surface area contributed by atoms with Crippen molar-refractivity contribution in [3.63, 3.8) is 0 Å². The molecule has 566 valence electrons. The first-order chi connectivity index (χ1) is 46.9. The molecule has 6 rings (SSSR count). The number of hydrogen-bond acceptors (Lipinski definition) is 12. The van der Waals surface area contributed by atoms with Crippen LogP contribution in [0.1, 0.15) is 183 Å². The van der Waals surface area contributed by atoms with Gasteiger partial charge < -0.3 is 60.0 Å². The van der Waals surface area contributed by atoms with Crippen LogP contribution in [0.3, 0.4) is 0 Å². The van der Waals surface area contributed by atoms with Gasteiger partial charge in [0.25, 0.3) is 0 Å². The number of carbonyl (C=O) groups excluding carboxylic acids is 11. The Morgan fingerprint density at radius 2 is 1.30 bits per heavy atom. The van der Waals surface area contributed by atoms with Gasteiger partial charge in [-0.2, -0.15) is 13.2 Å². The predicted molar refractivity (Wildman–Crippen MR) is 377 cm³/mol. The van der Waals surface area contributed by atoms with Crippen LogP contribution in [0.2, 0.25) is 0 Å². The second kappa shape index (κ2) is 36.1. The molecule has 28 heteroatoms. The average Bonchev–Trinajstić information content (AvgIpc) is 0.730. The van der Waals surface area contributed by atoms with E-state index in [1.165, 1.54) is 88.5 Å². The number of fused-ring (bicyclic) bond motifs is 3. The third kappa shape index (κ3) is 20.4. The first-order valence-corrected chi connectivity index (χ1v) is 37.5. The van der Waals surface area contributed by atoms with Gasteiger partial charge in [-0.05, 0) is 132 Å². The molecular weight excluding hydrogens is 1340 g/mol. The summed E-state index contributed by atoms with van der Waals surface area (Å²) >= 11 is 13.2. The van der Waals surface area contributed by atoms with Crippen LogP contribution < -0.4 is 16.0 Å². The number of alkyl halides is 5. The summed E-state index contributed by atoms with van der Waals surface area (Å²) < 4.78 is 42.2. The Morgan fingerprint density at radius 3 is 1.86 bits per heavy atom. The summed E-state index contributed by atoms with van der Waals surface area (Å²) in [7, 11) is 11.9. The molecule has 12 atom stereocenters. The van der Waals surface area contributed by atoms with E-state index in [2.05, 4.69) is 16.0 Å². The van der Waals surface area contributed by atoms with Gasteiger partial charge in [0.05, 0.1) is 36.8 Å². The second-order valence-corrected chi connectivity index (χ2v) is 32.0. The van der Waals surface area contributed by atoms with Crippen molar-refractivity contribution in [2.45, 2.75) is 254 Å². The van der Waals surface area contributed by atoms with Crippen molar-refractivity contribution >= 4 is 88.2 Å². The molecule has 2 saturated heterocycles. The zero-order valence-corrected chi connectivity index (χ0v) is 63.6. The van der Waals surface area contributed by atoms with E-state index in [1.54, 1.807) is 13.1 Å². The van der Waals surface area contributed by atoms with Crippen molar-refractivity contribution in [1.29, 1.82) is 0 Å². The summed E-state index contributed by atoms with van der Waals surface area (Å²) in [5, 5.41) is 8.77. The van der Waals surface area contributed by atoms with Crippen LogP contribution in [0.25, 0.3) is 0 Å². The van der Waals surface area contributed by atoms with Gasteiger partial charge >= 0.3 is 6.18 Å². The molecule has 5 fully saturated rings. The van der Waals surface area contributed by atoms with E-state index in [0.717, 1.165) is 4.90 Å². The third-order valence-corrected chi connectivity index (χ3v) is 23.9. The summed E-state index contributed by atoms with van der Waals surface area (Å²) in [5.74, 6) is -9.15. The van der Waals surface area contributed by atoms with Crippen molar-refractivity contribution in [2.24, 2.45) is 35.0 Å². The highest BCUT2D eigenvalue weighted by atomic mass is 35.5. The summed E-state index contributed by atoms with van der Waals surface area (Å²) in [4.78, 5) is 177. The summed E-state index contributed by atoms with van der Waals surface area (Å²) in [6.07, 6.45) is 4.30. The molecule has 100 heavy (non-hydrogen) atoms. The van der Waals surface area contributed by atoms with Crippen LogP contribution in [0, 0.1) is 35.0 Å². The largest absolute Gasteiger partial charge is 0.391 e. The molecule has 0 radical (unpaired) electrons. The molecule has 0 aromatic carbocycles. The minimum absolute atomic E-state index is 0.0182. The first-order valence-electron chi connectivity index (χ1n) is 36.6. The van der Waals surface area contributed by atoms with Gasteiger partial charge in [0, 0.05) is 87.4 Å². The number of likely N-dealkylation sites (N-methyl/N-ethyl adjacent to an activating group) is 7. The Balaban J connectivity index is 1.43. The van der Waals surface area contributed by atoms with Crippen LogP contribution in [-0.2, 0) is 52.7 Å². The lowest BCUT2D eigenvalue weighted by molar-refractivity contribution is -0.184. The van der Waals surface area contributed by atoms with Crippen LogP contribution in [0.5, 0.6) is 0 Å². The minimum Gasteiger partial charge on any atom is -0.347 e. The second-order valence-electron chi connectivity index (χ2n) is 30.8. The minimum atomic E-state index is -4.42. The molecule has 23 nitrogen and oxygen atoms in total. The first kappa shape index (κ1) is 83.2. The topological polar surface area (TPSA) is 253 Å². The summed E-state index contributed by atoms with van der Waals surface area (Å²) in [6.45, 7) is 12.6. The predicted octanol–water partition coefficient (Wildman–Crippen LogP) is 6.81. The van der Waals surface area contributed by atoms with Crippen molar-refractivity contribution in [1.82, 2.24) is 60.0 Å². The molecule has 0 aromatic heterocycles. The lowest BCUT2D eigenvalue weighted by atomic mass is 9.58. The number of halogens is 5. The molecule has 6 aliphatic rings. The SMILES string of the molecule is CCC[C@H]1CN[C@@H]([C@@H](C)CC)C(=O)N(C)CC(=O)N(C)[C@H]2C/C=C\CCN(C2=O)[C@@H](CC2CCC(C(F)(F)F)CC2)C(=O)N(C)CC(=O)N[C@@H](CCC2CCC(Cl)C(Cl)C2)C(=O)N2CC[C@H]2C(=O)NC2(CC(C)(C)C2)C(=O)N(C)[C@@H](C(CC)CC)C(=O)N(C)[C@H](C(=O)N(C)C)CC(=O)N1C. The Labute approximate surface area is 601 Å². The average molecular weight is 1450 g/mol. The molecular formula is C72H117Cl2F3N12O11. The maximum absolute atomic E-state index is 15.5. The fourth-order valence-corrected chi connectivity index (χ4v) is 16.8. The number of amides is 11. The fraction of sp³-hybridized carbons (Fsp3) is 0.819. The molecule has 3 aliphatic heterocycles. The van der Waals surface area contributed by atoms with E-state index in [0.29, 0.717) is 57.8 Å². The molecule has 11 amide bonds. The normalized spacial score (nSPS) is 31.4. The van der Waals surface area contributed by atoms with E-state index in [4.69, 9.17) is 23.2 Å². The lowest BCUT2D eigenvalue weighted by Crippen LogP contribution is -2.73. The molecule has 3 aliphatic carbocycles. The summed E-state index contributed by atoms with van der Waals surface area (Å²) in [6, 6.07) is -8.73. The maximum atomic E-state index is 15.5. The highest BCUT2D eigenvalue weighted by molar-refractivity contribution is 6.30. The van der Waals surface area contributed by atoms with Gasteiger partial charge in [-0.25, -0.2) is 0 Å². The monoisotopic (exact) mass is 1450 g/mol. The lowest BCUT2D eigenvalue weighted by Gasteiger charge is -2.55. The molecule has 1 spiro atoms. The van der Waals surface area contributed by atoms with Gasteiger partial charge in [-0.1, -0.05) is 86.3 Å². The Hall–Kier alpha value is -5.76. The number of nitrogens with one attached hydrogen (secondary N) is 3. The fourth-order valence-electron chi connectivity index (χ4n) is 16.2. The van der Waals surface area contributed by atoms with Gasteiger partial charge in [0.2, 0.25) is 65.0 Å². The molecule has 0 aromatic rings. The standard InChI is InChI=1S/C72H117Cl2F3N12O11/c1-16-23-49-39-78-60(44(5)17-2)67(98)83(11)41-59(92)85(13)54-24-21-20-22-34-88(66(54)97)56(37-46-25-29-48(30-26-46)72(75,76)77)65(96)82(10)40-57(90)79-52(32-28-45-27-31-50(73)51(74)36-45)63(94)89-35-33-53(89)62(93)80-71(42-70(6,7)43-71)69(100)87(15)61(47(18-3)19-4)68(99)86(14)55(64(95)81(8)9)38-58(91)84(49)12/h20-21,44-56,60-61,78H,16-19,22-43H2,1-15H3,(H,79,90)(H,80,93)/b21-20-/t44-,45?,46?,48?,49-,50?,51?,52-,53-,54-,55-,56-,60-,61-/m0/s1. The molecule has 3 heterocycles. The number of nitrogens with zero attached hydrogens (tertiary/aromatic N) is 9. The van der Waals surface area contributed by atoms with Gasteiger partial charge in [-0.15, -0.1) is 23.2 Å². The van der Waals surface area contributed by atoms with E-state index in [-0.39, 0.29) is 113 Å². The zero-order valence-electron chi connectivity index (χ0n) is 62.1. The van der Waals surface area contributed by atoms with Crippen molar-refractivity contribution in [2.75, 3.05) is 89.1 Å². The van der Waals surface area contributed by atoms with Crippen LogP contribution in [0.15, 0.2) is 12.2 Å². The van der Waals surface area contributed by atoms with Crippen molar-refractivity contribution < 1.29 is 65.9 Å². The molecule has 2 bridgehead atoms. The van der Waals surface area contributed by atoms with E-state index >= 15 is 24.0 Å². The molecule has 3 saturated carbocycles. The highest BCUT2D eigenvalue weighted by Gasteiger charge is 2.59. The zero-order chi connectivity index (χ0) is 74.6. The van der Waals surface area contributed by atoms with Crippen LogP contribution in [-0.4, -0.2) is 269 Å². The quantitative estimate of drug-likeness (QED) is 0.127. The van der Waals surface area contributed by atoms with E-state index in [1.807, 2.05) is 54.5 Å². The van der Waals surface area contributed by atoms with E-state index < -0.39 is 168 Å². The van der Waals surface area contributed by atoms with E-state index in [9.17, 15) is 41.9 Å². The highest BCUT2D eigenvalue weighted by Crippen LogP contribution is 2.50. The van der Waals surface area contributed by atoms with Crippen LogP contribution >= 0.6 is 23.2 Å². The third-order valence-electron chi connectivity index (χ3n) is 22.8. The van der Waals surface area contributed by atoms with Crippen molar-refractivity contribution in [3.05, 3.63) is 12.2 Å². The Kier molecular flexibility index (Phi) is 30.0. The number of rotatable bonds is 13.